The van der Waals surface area contributed by atoms with Crippen LogP contribution in [0.5, 0.6) is 0 Å². The van der Waals surface area contributed by atoms with E-state index in [1.54, 1.807) is 10.5 Å². The molecule has 130 valence electrons. The van der Waals surface area contributed by atoms with Gasteiger partial charge in [0.05, 0.1) is 21.3 Å². The minimum Gasteiger partial charge on any atom is -0.369 e. The highest BCUT2D eigenvalue weighted by atomic mass is 32.1. The molecule has 0 amide bonds. The number of anilines is 1. The Bertz CT molecular complexity index is 1240. The van der Waals surface area contributed by atoms with Crippen LogP contribution in [-0.4, -0.2) is 22.5 Å². The van der Waals surface area contributed by atoms with Gasteiger partial charge in [0, 0.05) is 13.1 Å². The van der Waals surface area contributed by atoms with E-state index in [0.717, 1.165) is 37.0 Å². The summed E-state index contributed by atoms with van der Waals surface area (Å²) in [6.45, 7) is 1.81. The second-order valence-corrected chi connectivity index (χ2v) is 7.55. The Kier molecular flexibility index (Phi) is 3.53. The predicted octanol–water partition coefficient (Wildman–Crippen LogP) is 3.20. The number of fused-ring (bicyclic) bond motifs is 3. The summed E-state index contributed by atoms with van der Waals surface area (Å²) in [6, 6.07) is 12.8. The molecule has 0 aliphatic carbocycles. The molecule has 0 N–H and O–H groups in total. The fourth-order valence-corrected chi connectivity index (χ4v) is 4.58. The lowest BCUT2D eigenvalue weighted by Crippen LogP contribution is -2.22. The van der Waals surface area contributed by atoms with Crippen LogP contribution in [0.1, 0.15) is 18.4 Å². The number of aromatic nitrogens is 2. The number of imidazole rings is 1. The van der Waals surface area contributed by atoms with Crippen molar-refractivity contribution in [3.63, 3.8) is 0 Å². The van der Waals surface area contributed by atoms with E-state index >= 15 is 0 Å². The Balaban J connectivity index is 1.61. The molecule has 0 spiro atoms. The summed E-state index contributed by atoms with van der Waals surface area (Å²) in [5.41, 5.74) is 2.84. The number of hydrogen-bond donors (Lipinski definition) is 0. The van der Waals surface area contributed by atoms with Gasteiger partial charge >= 0.3 is 0 Å². The zero-order valence-corrected chi connectivity index (χ0v) is 14.8. The molecular weight excluding hydrogens is 349 g/mol. The first-order chi connectivity index (χ1) is 12.7. The monoisotopic (exact) mass is 365 g/mol. The number of rotatable bonds is 2. The van der Waals surface area contributed by atoms with Crippen LogP contribution in [0.15, 0.2) is 47.3 Å². The van der Waals surface area contributed by atoms with E-state index in [9.17, 15) is 9.18 Å². The van der Waals surface area contributed by atoms with Crippen molar-refractivity contribution in [2.45, 2.75) is 12.8 Å². The topological polar surface area (TPSA) is 37.6 Å². The highest BCUT2D eigenvalue weighted by molar-refractivity contribution is 7.15. The van der Waals surface area contributed by atoms with Crippen LogP contribution in [0.2, 0.25) is 0 Å². The van der Waals surface area contributed by atoms with Gasteiger partial charge in [0.25, 0.3) is 5.56 Å². The quantitative estimate of drug-likeness (QED) is 0.548. The van der Waals surface area contributed by atoms with Crippen molar-refractivity contribution in [2.75, 3.05) is 18.0 Å². The van der Waals surface area contributed by atoms with Crippen LogP contribution >= 0.6 is 11.3 Å². The third-order valence-electron chi connectivity index (χ3n) is 4.86. The van der Waals surface area contributed by atoms with Gasteiger partial charge in [-0.1, -0.05) is 29.5 Å². The summed E-state index contributed by atoms with van der Waals surface area (Å²) in [4.78, 5) is 20.0. The van der Waals surface area contributed by atoms with Crippen molar-refractivity contribution in [1.82, 2.24) is 9.38 Å². The number of benzene rings is 2. The summed E-state index contributed by atoms with van der Waals surface area (Å²) >= 11 is 1.33. The molecule has 0 bridgehead atoms. The van der Waals surface area contributed by atoms with Crippen molar-refractivity contribution in [3.05, 3.63) is 68.7 Å². The molecule has 0 radical (unpaired) electrons. The largest absolute Gasteiger partial charge is 0.369 e. The summed E-state index contributed by atoms with van der Waals surface area (Å²) in [5.74, 6) is -0.236. The minimum absolute atomic E-state index is 0.109. The number of para-hydroxylation sites is 2. The molecule has 0 atom stereocenters. The first-order valence-corrected chi connectivity index (χ1v) is 9.48. The number of halogens is 1. The number of nitrogens with zero attached hydrogens (tertiary/aromatic N) is 3. The lowest BCUT2D eigenvalue weighted by atomic mass is 10.2. The van der Waals surface area contributed by atoms with Gasteiger partial charge in [0.1, 0.15) is 5.82 Å². The molecule has 0 unspecified atom stereocenters. The van der Waals surface area contributed by atoms with Crippen LogP contribution in [0.3, 0.4) is 0 Å². The van der Waals surface area contributed by atoms with Gasteiger partial charge in [-0.25, -0.2) is 13.8 Å². The van der Waals surface area contributed by atoms with Gasteiger partial charge in [-0.15, -0.1) is 0 Å². The lowest BCUT2D eigenvalue weighted by Gasteiger charge is -2.18. The lowest BCUT2D eigenvalue weighted by molar-refractivity contribution is 0.623. The van der Waals surface area contributed by atoms with Crippen LogP contribution in [0.4, 0.5) is 10.1 Å². The smallest absolute Gasteiger partial charge is 0.274 e. The Morgan fingerprint density at radius 3 is 2.73 bits per heavy atom. The predicted molar refractivity (Wildman–Crippen MR) is 103 cm³/mol. The van der Waals surface area contributed by atoms with Gasteiger partial charge in [0.15, 0.2) is 4.96 Å². The third kappa shape index (κ3) is 2.41. The molecule has 6 heteroatoms. The molecule has 2 aromatic carbocycles. The SMILES string of the molecule is O=c1/c(=C/c2ccc(N3CCCC3)c(F)c2)sc2nc3ccccc3n12. The third-order valence-corrected chi connectivity index (χ3v) is 5.83. The van der Waals surface area contributed by atoms with E-state index < -0.39 is 0 Å². The number of hydrogen-bond acceptors (Lipinski definition) is 4. The fraction of sp³-hybridized carbons (Fsp3) is 0.200. The van der Waals surface area contributed by atoms with Gasteiger partial charge in [0.2, 0.25) is 0 Å². The first kappa shape index (κ1) is 15.5. The first-order valence-electron chi connectivity index (χ1n) is 8.67. The van der Waals surface area contributed by atoms with Crippen molar-refractivity contribution in [1.29, 1.82) is 0 Å². The molecule has 1 saturated heterocycles. The minimum atomic E-state index is -0.236. The summed E-state index contributed by atoms with van der Waals surface area (Å²) in [6.07, 6.45) is 3.96. The van der Waals surface area contributed by atoms with Gasteiger partial charge in [-0.2, -0.15) is 0 Å². The van der Waals surface area contributed by atoms with Crippen molar-refractivity contribution >= 4 is 39.1 Å². The Morgan fingerprint density at radius 1 is 1.12 bits per heavy atom. The Labute approximate surface area is 152 Å². The maximum absolute atomic E-state index is 14.5. The second-order valence-electron chi connectivity index (χ2n) is 6.54. The zero-order valence-electron chi connectivity index (χ0n) is 14.0. The molecule has 4 aromatic rings. The van der Waals surface area contributed by atoms with E-state index in [1.165, 1.54) is 17.4 Å². The zero-order chi connectivity index (χ0) is 17.7. The summed E-state index contributed by atoms with van der Waals surface area (Å²) in [7, 11) is 0. The Morgan fingerprint density at radius 2 is 1.92 bits per heavy atom. The fourth-order valence-electron chi connectivity index (χ4n) is 3.59. The normalized spacial score (nSPS) is 15.6. The second kappa shape index (κ2) is 5.92. The molecule has 0 saturated carbocycles. The molecule has 26 heavy (non-hydrogen) atoms. The number of thiazole rings is 1. The summed E-state index contributed by atoms with van der Waals surface area (Å²) < 4.78 is 16.7. The average molecular weight is 365 g/mol. The van der Waals surface area contributed by atoms with E-state index in [0.29, 0.717) is 20.7 Å². The maximum atomic E-state index is 14.5. The molecule has 2 aromatic heterocycles. The van der Waals surface area contributed by atoms with Gasteiger partial charge in [-0.3, -0.25) is 4.79 Å². The highest BCUT2D eigenvalue weighted by Crippen LogP contribution is 2.24. The van der Waals surface area contributed by atoms with Crippen LogP contribution < -0.4 is 15.0 Å². The van der Waals surface area contributed by atoms with Crippen molar-refractivity contribution in [3.8, 4) is 0 Å². The standard InChI is InChI=1S/C20H16FN3OS/c21-14-11-13(7-8-16(14)23-9-3-4-10-23)12-18-19(25)24-17-6-2-1-5-15(17)22-20(24)26-18/h1-2,5-8,11-12H,3-4,9-10H2/b18-12-. The van der Waals surface area contributed by atoms with E-state index in [2.05, 4.69) is 9.88 Å². The van der Waals surface area contributed by atoms with E-state index in [-0.39, 0.29) is 11.4 Å². The molecule has 1 fully saturated rings. The molecule has 1 aliphatic heterocycles. The van der Waals surface area contributed by atoms with Crippen LogP contribution in [0, 0.1) is 5.82 Å². The van der Waals surface area contributed by atoms with Gasteiger partial charge < -0.3 is 4.90 Å². The van der Waals surface area contributed by atoms with Crippen LogP contribution in [0.25, 0.3) is 22.1 Å². The molecule has 3 heterocycles. The molecule has 5 rings (SSSR count). The molecule has 1 aliphatic rings. The van der Waals surface area contributed by atoms with Crippen molar-refractivity contribution < 1.29 is 4.39 Å². The summed E-state index contributed by atoms with van der Waals surface area (Å²) in [5, 5.41) is 0. The van der Waals surface area contributed by atoms with E-state index in [4.69, 9.17) is 0 Å². The van der Waals surface area contributed by atoms with Crippen molar-refractivity contribution in [2.24, 2.45) is 0 Å². The maximum Gasteiger partial charge on any atom is 0.274 e. The average Bonchev–Trinajstić information content (AvgIpc) is 3.33. The van der Waals surface area contributed by atoms with E-state index in [1.807, 2.05) is 36.4 Å². The Hall–Kier alpha value is -2.73. The molecule has 4 nitrogen and oxygen atoms in total. The van der Waals surface area contributed by atoms with Crippen LogP contribution in [-0.2, 0) is 0 Å². The van der Waals surface area contributed by atoms with Gasteiger partial charge in [-0.05, 0) is 48.7 Å². The molecular formula is C20H16FN3OS. The highest BCUT2D eigenvalue weighted by Gasteiger charge is 2.16.